The number of pyridine rings is 2. The molecule has 1 amide bonds. The van der Waals surface area contributed by atoms with Crippen molar-refractivity contribution in [2.24, 2.45) is 0 Å². The van der Waals surface area contributed by atoms with Crippen LogP contribution in [0.25, 0.3) is 21.9 Å². The van der Waals surface area contributed by atoms with E-state index < -0.39 is 0 Å². The molecule has 7 heteroatoms. The van der Waals surface area contributed by atoms with Gasteiger partial charge in [0.1, 0.15) is 12.1 Å². The molecule has 0 atom stereocenters. The molecular weight excluding hydrogens is 414 g/mol. The summed E-state index contributed by atoms with van der Waals surface area (Å²) < 4.78 is 5.68. The molecule has 33 heavy (non-hydrogen) atoms. The summed E-state index contributed by atoms with van der Waals surface area (Å²) in [7, 11) is 0. The fraction of sp³-hybridized carbons (Fsp3) is 0.308. The highest BCUT2D eigenvalue weighted by Gasteiger charge is 2.26. The lowest BCUT2D eigenvalue weighted by Gasteiger charge is -2.33. The number of nitrogens with one attached hydrogen (secondary N) is 1. The second-order valence-corrected chi connectivity index (χ2v) is 8.80. The maximum atomic E-state index is 12.8. The fourth-order valence-electron chi connectivity index (χ4n) is 4.34. The highest BCUT2D eigenvalue weighted by Crippen LogP contribution is 2.29. The monoisotopic (exact) mass is 441 g/mol. The van der Waals surface area contributed by atoms with Crippen LogP contribution in [0.2, 0.25) is 0 Å². The summed E-state index contributed by atoms with van der Waals surface area (Å²) in [4.78, 5) is 28.3. The van der Waals surface area contributed by atoms with Gasteiger partial charge < -0.3 is 14.6 Å². The second kappa shape index (κ2) is 9.11. The molecule has 1 N–H and O–H groups in total. The number of amides is 1. The number of aromatic nitrogens is 3. The minimum atomic E-state index is -0.320. The van der Waals surface area contributed by atoms with Crippen LogP contribution in [0, 0.1) is 0 Å². The predicted molar refractivity (Wildman–Crippen MR) is 128 cm³/mol. The molecule has 0 saturated carbocycles. The Morgan fingerprint density at radius 3 is 2.70 bits per heavy atom. The van der Waals surface area contributed by atoms with Crippen molar-refractivity contribution in [3.8, 4) is 11.1 Å². The molecule has 4 aromatic rings. The molecule has 1 fully saturated rings. The van der Waals surface area contributed by atoms with Crippen LogP contribution in [0.3, 0.4) is 0 Å². The smallest absolute Gasteiger partial charge is 0.278 e. The van der Waals surface area contributed by atoms with Gasteiger partial charge in [-0.1, -0.05) is 18.2 Å². The van der Waals surface area contributed by atoms with E-state index in [1.165, 1.54) is 6.26 Å². The van der Waals surface area contributed by atoms with Gasteiger partial charge in [-0.05, 0) is 68.9 Å². The number of benzene rings is 1. The number of hydrogen-bond donors (Lipinski definition) is 1. The maximum Gasteiger partial charge on any atom is 0.278 e. The van der Waals surface area contributed by atoms with Gasteiger partial charge in [0.2, 0.25) is 0 Å². The summed E-state index contributed by atoms with van der Waals surface area (Å²) in [6.07, 6.45) is 8.78. The van der Waals surface area contributed by atoms with Crippen LogP contribution in [0.15, 0.2) is 65.7 Å². The number of likely N-dealkylation sites (tertiary alicyclic amines) is 1. The van der Waals surface area contributed by atoms with Crippen molar-refractivity contribution in [2.45, 2.75) is 38.6 Å². The zero-order chi connectivity index (χ0) is 22.8. The third-order valence-corrected chi connectivity index (χ3v) is 6.32. The van der Waals surface area contributed by atoms with Gasteiger partial charge >= 0.3 is 0 Å². The average Bonchev–Trinajstić information content (AvgIpc) is 3.35. The van der Waals surface area contributed by atoms with E-state index in [9.17, 15) is 4.79 Å². The molecule has 1 aliphatic rings. The van der Waals surface area contributed by atoms with Crippen molar-refractivity contribution in [1.29, 1.82) is 0 Å². The van der Waals surface area contributed by atoms with Gasteiger partial charge in [-0.3, -0.25) is 9.78 Å². The van der Waals surface area contributed by atoms with E-state index in [2.05, 4.69) is 45.1 Å². The van der Waals surface area contributed by atoms with E-state index in [-0.39, 0.29) is 17.5 Å². The summed E-state index contributed by atoms with van der Waals surface area (Å²) >= 11 is 0. The van der Waals surface area contributed by atoms with Crippen molar-refractivity contribution >= 4 is 22.5 Å². The number of nitrogens with zero attached hydrogens (tertiary/aromatic N) is 4. The zero-order valence-corrected chi connectivity index (χ0v) is 18.9. The Morgan fingerprint density at radius 2 is 1.94 bits per heavy atom. The predicted octanol–water partition coefficient (Wildman–Crippen LogP) is 5.12. The van der Waals surface area contributed by atoms with Crippen molar-refractivity contribution < 1.29 is 9.21 Å². The van der Waals surface area contributed by atoms with Crippen molar-refractivity contribution in [1.82, 2.24) is 19.9 Å². The Labute approximate surface area is 192 Å². The van der Waals surface area contributed by atoms with E-state index in [4.69, 9.17) is 4.42 Å². The standard InChI is InChI=1S/C26H27N5O2/c1-17(2)31-10-7-18(8-11-31)26-29-23(16-33-26)25(32)30-24-13-22-12-19(5-6-21(22)15-28-24)20-4-3-9-27-14-20/h3-6,9,12-18H,7-8,10-11H2,1-2H3,(H,28,30,32). The van der Waals surface area contributed by atoms with Crippen LogP contribution in [-0.2, 0) is 0 Å². The van der Waals surface area contributed by atoms with Gasteiger partial charge in [0.25, 0.3) is 5.91 Å². The summed E-state index contributed by atoms with van der Waals surface area (Å²) in [5.41, 5.74) is 2.38. The van der Waals surface area contributed by atoms with Crippen LogP contribution < -0.4 is 5.32 Å². The molecular formula is C26H27N5O2. The van der Waals surface area contributed by atoms with Gasteiger partial charge in [-0.2, -0.15) is 0 Å². The maximum absolute atomic E-state index is 12.8. The molecule has 5 rings (SSSR count). The van der Waals surface area contributed by atoms with E-state index in [1.807, 2.05) is 36.5 Å². The number of carbonyl (C=O) groups excluding carboxylic acids is 1. The van der Waals surface area contributed by atoms with E-state index in [1.54, 1.807) is 12.4 Å². The van der Waals surface area contributed by atoms with E-state index in [0.717, 1.165) is 47.8 Å². The molecule has 0 unspecified atom stereocenters. The fourth-order valence-corrected chi connectivity index (χ4v) is 4.34. The quantitative estimate of drug-likeness (QED) is 0.462. The summed E-state index contributed by atoms with van der Waals surface area (Å²) in [6.45, 7) is 6.48. The average molecular weight is 442 g/mol. The first-order chi connectivity index (χ1) is 16.1. The molecule has 1 aromatic carbocycles. The molecule has 3 aromatic heterocycles. The molecule has 0 bridgehead atoms. The minimum absolute atomic E-state index is 0.256. The van der Waals surface area contributed by atoms with Crippen LogP contribution in [0.5, 0.6) is 0 Å². The number of oxazole rings is 1. The largest absolute Gasteiger partial charge is 0.448 e. The van der Waals surface area contributed by atoms with Crippen LogP contribution in [-0.4, -0.2) is 44.9 Å². The van der Waals surface area contributed by atoms with Crippen LogP contribution in [0.1, 0.15) is 49.0 Å². The number of hydrogen-bond acceptors (Lipinski definition) is 6. The Kier molecular flexibility index (Phi) is 5.88. The molecule has 7 nitrogen and oxygen atoms in total. The number of rotatable bonds is 5. The summed E-state index contributed by atoms with van der Waals surface area (Å²) in [5, 5.41) is 4.84. The van der Waals surface area contributed by atoms with Gasteiger partial charge in [0, 0.05) is 41.5 Å². The van der Waals surface area contributed by atoms with Gasteiger partial charge in [-0.15, -0.1) is 0 Å². The highest BCUT2D eigenvalue weighted by atomic mass is 16.3. The number of carbonyl (C=O) groups is 1. The number of fused-ring (bicyclic) bond motifs is 1. The van der Waals surface area contributed by atoms with Crippen molar-refractivity contribution in [2.75, 3.05) is 18.4 Å². The molecule has 0 aliphatic carbocycles. The first-order valence-electron chi connectivity index (χ1n) is 11.4. The van der Waals surface area contributed by atoms with Gasteiger partial charge in [0.05, 0.1) is 0 Å². The minimum Gasteiger partial charge on any atom is -0.448 e. The molecule has 0 radical (unpaired) electrons. The van der Waals surface area contributed by atoms with Crippen LogP contribution in [0.4, 0.5) is 5.82 Å². The topological polar surface area (TPSA) is 84.2 Å². The number of piperidine rings is 1. The molecule has 0 spiro atoms. The molecule has 1 aliphatic heterocycles. The lowest BCUT2D eigenvalue weighted by Crippen LogP contribution is -2.37. The summed E-state index contributed by atoms with van der Waals surface area (Å²) in [6, 6.07) is 12.5. The Bertz CT molecular complexity index is 1260. The Morgan fingerprint density at radius 1 is 1.09 bits per heavy atom. The van der Waals surface area contributed by atoms with Crippen molar-refractivity contribution in [3.05, 3.63) is 72.8 Å². The Balaban J connectivity index is 1.29. The Hall–Kier alpha value is -3.58. The lowest BCUT2D eigenvalue weighted by molar-refractivity contribution is 0.102. The zero-order valence-electron chi connectivity index (χ0n) is 18.9. The third kappa shape index (κ3) is 4.64. The first kappa shape index (κ1) is 21.3. The van der Waals surface area contributed by atoms with Gasteiger partial charge in [-0.25, -0.2) is 9.97 Å². The SMILES string of the molecule is CC(C)N1CCC(c2nc(C(=O)Nc3cc4cc(-c5cccnc5)ccc4cn3)co2)CC1. The van der Waals surface area contributed by atoms with Crippen LogP contribution >= 0.6 is 0 Å². The van der Waals surface area contributed by atoms with E-state index >= 15 is 0 Å². The molecule has 1 saturated heterocycles. The van der Waals surface area contributed by atoms with E-state index in [0.29, 0.717) is 17.8 Å². The molecule has 4 heterocycles. The first-order valence-corrected chi connectivity index (χ1v) is 11.4. The van der Waals surface area contributed by atoms with Crippen molar-refractivity contribution in [3.63, 3.8) is 0 Å². The molecule has 168 valence electrons. The summed E-state index contributed by atoms with van der Waals surface area (Å²) in [5.74, 6) is 1.06. The number of anilines is 1. The van der Waals surface area contributed by atoms with Gasteiger partial charge in [0.15, 0.2) is 11.6 Å². The second-order valence-electron chi connectivity index (χ2n) is 8.80. The third-order valence-electron chi connectivity index (χ3n) is 6.32. The highest BCUT2D eigenvalue weighted by molar-refractivity contribution is 6.03. The normalized spacial score (nSPS) is 15.2. The lowest BCUT2D eigenvalue weighted by atomic mass is 9.96.